The topological polar surface area (TPSA) is 35.6 Å². The molecule has 4 nitrogen and oxygen atoms in total. The number of benzene rings is 8. The van der Waals surface area contributed by atoms with E-state index in [0.29, 0.717) is 0 Å². The highest BCUT2D eigenvalue weighted by Gasteiger charge is 2.21. The lowest BCUT2D eigenvalue weighted by Gasteiger charge is -2.15. The number of aromatic nitrogens is 4. The molecular formula is C48H30N4. The first-order valence-electron chi connectivity index (χ1n) is 17.7. The van der Waals surface area contributed by atoms with Gasteiger partial charge in [-0.1, -0.05) is 127 Å². The Morgan fingerprint density at radius 3 is 1.71 bits per heavy atom. The van der Waals surface area contributed by atoms with Crippen molar-refractivity contribution in [3.05, 3.63) is 182 Å². The lowest BCUT2D eigenvalue weighted by molar-refractivity contribution is 1.08. The standard InChI is InChI=1S/C48H30N4/c1-3-13-31(14-4-1)34-24-26-41-42(28-34)49-47(35-23-25-39-37-19-9-11-21-43(37)51(45(39)30-35)36-17-5-2-6-18-36)48(50-41)52-44-22-12-10-20-38(44)40-27-32-15-7-8-16-33(32)29-46(40)52/h1-30H. The summed E-state index contributed by atoms with van der Waals surface area (Å²) in [5.41, 5.74) is 11.4. The van der Waals surface area contributed by atoms with Gasteiger partial charge in [-0.15, -0.1) is 0 Å². The van der Waals surface area contributed by atoms with Crippen LogP contribution in [-0.2, 0) is 0 Å². The summed E-state index contributed by atoms with van der Waals surface area (Å²) in [6.45, 7) is 0. The van der Waals surface area contributed by atoms with Crippen molar-refractivity contribution >= 4 is 65.4 Å². The quantitative estimate of drug-likeness (QED) is 0.188. The highest BCUT2D eigenvalue weighted by Crippen LogP contribution is 2.40. The van der Waals surface area contributed by atoms with Crippen LogP contribution in [0.25, 0.3) is 99.3 Å². The van der Waals surface area contributed by atoms with Crippen LogP contribution in [0.1, 0.15) is 0 Å². The van der Waals surface area contributed by atoms with Gasteiger partial charge >= 0.3 is 0 Å². The van der Waals surface area contributed by atoms with Crippen LogP contribution in [0.3, 0.4) is 0 Å². The van der Waals surface area contributed by atoms with E-state index < -0.39 is 0 Å². The third kappa shape index (κ3) is 4.34. The van der Waals surface area contributed by atoms with Gasteiger partial charge in [0.25, 0.3) is 0 Å². The number of hydrogen-bond acceptors (Lipinski definition) is 2. The molecule has 0 unspecified atom stereocenters. The largest absolute Gasteiger partial charge is 0.309 e. The summed E-state index contributed by atoms with van der Waals surface area (Å²) in [7, 11) is 0. The molecule has 0 N–H and O–H groups in total. The van der Waals surface area contributed by atoms with Crippen LogP contribution < -0.4 is 0 Å². The SMILES string of the molecule is c1ccc(-c2ccc3nc(-n4c5ccccc5c5cc6ccccc6cc54)c(-c4ccc5c6ccccc6n(-c6ccccc6)c5c4)nc3c2)cc1. The van der Waals surface area contributed by atoms with Crippen LogP contribution in [0, 0.1) is 0 Å². The highest BCUT2D eigenvalue weighted by molar-refractivity contribution is 6.14. The van der Waals surface area contributed by atoms with Crippen molar-refractivity contribution in [2.24, 2.45) is 0 Å². The van der Waals surface area contributed by atoms with Crippen molar-refractivity contribution in [2.45, 2.75) is 0 Å². The van der Waals surface area contributed by atoms with Gasteiger partial charge in [0, 0.05) is 32.8 Å². The zero-order valence-corrected chi connectivity index (χ0v) is 28.1. The van der Waals surface area contributed by atoms with Crippen LogP contribution in [0.4, 0.5) is 0 Å². The molecule has 0 radical (unpaired) electrons. The van der Waals surface area contributed by atoms with Crippen molar-refractivity contribution in [2.75, 3.05) is 0 Å². The molecule has 0 bridgehead atoms. The molecule has 52 heavy (non-hydrogen) atoms. The molecule has 0 aliphatic heterocycles. The monoisotopic (exact) mass is 662 g/mol. The summed E-state index contributed by atoms with van der Waals surface area (Å²) in [4.78, 5) is 11.0. The van der Waals surface area contributed by atoms with E-state index in [1.807, 2.05) is 0 Å². The number of fused-ring (bicyclic) bond motifs is 8. The van der Waals surface area contributed by atoms with Crippen molar-refractivity contribution in [3.8, 4) is 33.9 Å². The van der Waals surface area contributed by atoms with Crippen LogP contribution in [-0.4, -0.2) is 19.1 Å². The normalized spacial score (nSPS) is 11.8. The zero-order chi connectivity index (χ0) is 34.2. The maximum absolute atomic E-state index is 5.53. The first-order chi connectivity index (χ1) is 25.8. The molecule has 242 valence electrons. The third-order valence-corrected chi connectivity index (χ3v) is 10.5. The average Bonchev–Trinajstić information content (AvgIpc) is 3.71. The van der Waals surface area contributed by atoms with E-state index in [1.54, 1.807) is 0 Å². The first-order valence-corrected chi connectivity index (χ1v) is 17.7. The Balaban J connectivity index is 1.25. The number of rotatable bonds is 4. The minimum absolute atomic E-state index is 0.808. The minimum Gasteiger partial charge on any atom is -0.309 e. The summed E-state index contributed by atoms with van der Waals surface area (Å²) in [6, 6.07) is 64.8. The van der Waals surface area contributed by atoms with E-state index in [1.165, 1.54) is 37.8 Å². The molecule has 3 heterocycles. The molecule has 0 aliphatic carbocycles. The van der Waals surface area contributed by atoms with Gasteiger partial charge in [-0.25, -0.2) is 9.97 Å². The first kappa shape index (κ1) is 28.8. The van der Waals surface area contributed by atoms with Gasteiger partial charge in [0.1, 0.15) is 5.69 Å². The Kier molecular flexibility index (Phi) is 6.22. The molecule has 0 spiro atoms. The number of para-hydroxylation sites is 3. The van der Waals surface area contributed by atoms with Gasteiger partial charge < -0.3 is 4.57 Å². The fraction of sp³-hybridized carbons (Fsp3) is 0. The predicted molar refractivity (Wildman–Crippen MR) is 217 cm³/mol. The van der Waals surface area contributed by atoms with E-state index in [4.69, 9.17) is 9.97 Å². The highest BCUT2D eigenvalue weighted by atomic mass is 15.1. The summed E-state index contributed by atoms with van der Waals surface area (Å²) in [5, 5.41) is 7.22. The molecule has 0 aliphatic rings. The molecule has 0 saturated carbocycles. The summed E-state index contributed by atoms with van der Waals surface area (Å²) < 4.78 is 4.68. The average molecular weight is 663 g/mol. The van der Waals surface area contributed by atoms with Gasteiger partial charge in [0.2, 0.25) is 0 Å². The smallest absolute Gasteiger partial charge is 0.165 e. The molecule has 11 rings (SSSR count). The van der Waals surface area contributed by atoms with Crippen LogP contribution >= 0.6 is 0 Å². The maximum atomic E-state index is 5.53. The van der Waals surface area contributed by atoms with Crippen LogP contribution in [0.5, 0.6) is 0 Å². The molecule has 0 fully saturated rings. The van der Waals surface area contributed by atoms with Gasteiger partial charge in [-0.05, 0) is 76.5 Å². The Morgan fingerprint density at radius 2 is 0.923 bits per heavy atom. The van der Waals surface area contributed by atoms with Gasteiger partial charge in [-0.3, -0.25) is 4.57 Å². The second-order valence-electron chi connectivity index (χ2n) is 13.5. The summed E-state index contributed by atoms with van der Waals surface area (Å²) in [5.74, 6) is 0.808. The van der Waals surface area contributed by atoms with Crippen molar-refractivity contribution < 1.29 is 0 Å². The predicted octanol–water partition coefficient (Wildman–Crippen LogP) is 12.3. The molecule has 0 saturated heterocycles. The van der Waals surface area contributed by atoms with E-state index in [2.05, 4.69) is 191 Å². The fourth-order valence-electron chi connectivity index (χ4n) is 8.06. The van der Waals surface area contributed by atoms with Crippen molar-refractivity contribution in [1.29, 1.82) is 0 Å². The second kappa shape index (κ2) is 11.2. The molecule has 11 aromatic rings. The van der Waals surface area contributed by atoms with Crippen LogP contribution in [0.2, 0.25) is 0 Å². The minimum atomic E-state index is 0.808. The van der Waals surface area contributed by atoms with E-state index in [0.717, 1.165) is 61.5 Å². The second-order valence-corrected chi connectivity index (χ2v) is 13.5. The van der Waals surface area contributed by atoms with Crippen molar-refractivity contribution in [3.63, 3.8) is 0 Å². The lowest BCUT2D eigenvalue weighted by atomic mass is 10.0. The third-order valence-electron chi connectivity index (χ3n) is 10.5. The Hall–Kier alpha value is -7.04. The molecule has 4 heteroatoms. The fourth-order valence-corrected chi connectivity index (χ4v) is 8.06. The Labute approximate surface area is 299 Å². The van der Waals surface area contributed by atoms with Gasteiger partial charge in [0.15, 0.2) is 5.82 Å². The Morgan fingerprint density at radius 1 is 0.327 bits per heavy atom. The lowest BCUT2D eigenvalue weighted by Crippen LogP contribution is -2.04. The zero-order valence-electron chi connectivity index (χ0n) is 28.1. The van der Waals surface area contributed by atoms with Gasteiger partial charge in [-0.2, -0.15) is 0 Å². The van der Waals surface area contributed by atoms with Gasteiger partial charge in [0.05, 0.1) is 33.1 Å². The van der Waals surface area contributed by atoms with E-state index in [-0.39, 0.29) is 0 Å². The molecule has 0 amide bonds. The number of hydrogen-bond donors (Lipinski definition) is 0. The van der Waals surface area contributed by atoms with Crippen LogP contribution in [0.15, 0.2) is 182 Å². The molecule has 8 aromatic carbocycles. The maximum Gasteiger partial charge on any atom is 0.165 e. The summed E-state index contributed by atoms with van der Waals surface area (Å²) in [6.07, 6.45) is 0. The summed E-state index contributed by atoms with van der Waals surface area (Å²) >= 11 is 0. The molecular weight excluding hydrogens is 633 g/mol. The Bertz CT molecular complexity index is 3170. The van der Waals surface area contributed by atoms with E-state index in [9.17, 15) is 0 Å². The van der Waals surface area contributed by atoms with Crippen molar-refractivity contribution in [1.82, 2.24) is 19.1 Å². The molecule has 3 aromatic heterocycles. The molecule has 0 atom stereocenters. The van der Waals surface area contributed by atoms with E-state index >= 15 is 0 Å². The number of nitrogens with zero attached hydrogens (tertiary/aromatic N) is 4.